The van der Waals surface area contributed by atoms with Crippen LogP contribution in [0.4, 0.5) is 0 Å². The summed E-state index contributed by atoms with van der Waals surface area (Å²) in [6, 6.07) is 16.7. The number of hydrogen-bond acceptors (Lipinski definition) is 3. The second kappa shape index (κ2) is 5.02. The van der Waals surface area contributed by atoms with Crippen molar-refractivity contribution in [3.8, 4) is 0 Å². The summed E-state index contributed by atoms with van der Waals surface area (Å²) in [6.45, 7) is 1.55. The summed E-state index contributed by atoms with van der Waals surface area (Å²) < 4.78 is 4.80. The van der Waals surface area contributed by atoms with Gasteiger partial charge in [-0.1, -0.05) is 47.6 Å². The average Bonchev–Trinajstić information content (AvgIpc) is 2.92. The third kappa shape index (κ3) is 2.26. The Bertz CT molecular complexity index is 627. The summed E-state index contributed by atoms with van der Waals surface area (Å²) >= 11 is 0. The van der Waals surface area contributed by atoms with E-state index < -0.39 is 0 Å². The zero-order valence-electron chi connectivity index (χ0n) is 9.97. The van der Waals surface area contributed by atoms with Crippen molar-refractivity contribution in [1.29, 1.82) is 0 Å². The molecule has 0 bridgehead atoms. The maximum Gasteiger partial charge on any atom is 0.124 e. The molecule has 18 heavy (non-hydrogen) atoms. The zero-order valence-corrected chi connectivity index (χ0v) is 9.97. The SMILES string of the molecule is c1ccc2c(CNCc3ccon3)cccc2c1. The first-order valence-electron chi connectivity index (χ1n) is 6.00. The normalized spacial score (nSPS) is 10.9. The molecule has 1 heterocycles. The van der Waals surface area contributed by atoms with Crippen molar-refractivity contribution >= 4 is 10.8 Å². The van der Waals surface area contributed by atoms with Crippen LogP contribution in [0.2, 0.25) is 0 Å². The number of rotatable bonds is 4. The van der Waals surface area contributed by atoms with E-state index in [0.717, 1.165) is 18.8 Å². The Kier molecular flexibility index (Phi) is 3.07. The van der Waals surface area contributed by atoms with E-state index in [0.29, 0.717) is 0 Å². The molecule has 0 spiro atoms. The van der Waals surface area contributed by atoms with Gasteiger partial charge in [-0.05, 0) is 16.3 Å². The molecule has 0 amide bonds. The monoisotopic (exact) mass is 238 g/mol. The Labute approximate surface area is 105 Å². The maximum atomic E-state index is 4.80. The molecule has 3 nitrogen and oxygen atoms in total. The molecule has 0 aliphatic rings. The van der Waals surface area contributed by atoms with Gasteiger partial charge in [0.25, 0.3) is 0 Å². The summed E-state index contributed by atoms with van der Waals surface area (Å²) in [7, 11) is 0. The molecular formula is C15H14N2O. The van der Waals surface area contributed by atoms with Gasteiger partial charge < -0.3 is 9.84 Å². The maximum absolute atomic E-state index is 4.80. The van der Waals surface area contributed by atoms with Crippen molar-refractivity contribution in [1.82, 2.24) is 10.5 Å². The van der Waals surface area contributed by atoms with Crippen molar-refractivity contribution < 1.29 is 4.52 Å². The van der Waals surface area contributed by atoms with Gasteiger partial charge in [-0.25, -0.2) is 0 Å². The van der Waals surface area contributed by atoms with Crippen molar-refractivity contribution in [2.75, 3.05) is 0 Å². The summed E-state index contributed by atoms with van der Waals surface area (Å²) in [6.07, 6.45) is 1.59. The number of nitrogens with one attached hydrogen (secondary N) is 1. The van der Waals surface area contributed by atoms with Gasteiger partial charge >= 0.3 is 0 Å². The molecule has 2 aromatic carbocycles. The quantitative estimate of drug-likeness (QED) is 0.759. The number of nitrogens with zero attached hydrogens (tertiary/aromatic N) is 1. The lowest BCUT2D eigenvalue weighted by atomic mass is 10.0. The van der Waals surface area contributed by atoms with Crippen LogP contribution in [0.5, 0.6) is 0 Å². The lowest BCUT2D eigenvalue weighted by Crippen LogP contribution is -2.13. The van der Waals surface area contributed by atoms with E-state index in [1.807, 2.05) is 6.07 Å². The fourth-order valence-corrected chi connectivity index (χ4v) is 2.10. The molecule has 3 rings (SSSR count). The third-order valence-corrected chi connectivity index (χ3v) is 2.99. The van der Waals surface area contributed by atoms with Gasteiger partial charge in [-0.2, -0.15) is 0 Å². The van der Waals surface area contributed by atoms with E-state index in [2.05, 4.69) is 52.9 Å². The van der Waals surface area contributed by atoms with Crippen molar-refractivity contribution in [3.05, 3.63) is 66.1 Å². The Morgan fingerprint density at radius 2 is 1.83 bits per heavy atom. The molecule has 90 valence electrons. The minimum absolute atomic E-state index is 0.722. The van der Waals surface area contributed by atoms with Gasteiger partial charge in [0.1, 0.15) is 6.26 Å². The Morgan fingerprint density at radius 1 is 0.944 bits per heavy atom. The Hall–Kier alpha value is -2.13. The van der Waals surface area contributed by atoms with Gasteiger partial charge in [-0.15, -0.1) is 0 Å². The number of fused-ring (bicyclic) bond motifs is 1. The Morgan fingerprint density at radius 3 is 2.72 bits per heavy atom. The van der Waals surface area contributed by atoms with E-state index in [4.69, 9.17) is 4.52 Å². The van der Waals surface area contributed by atoms with Crippen molar-refractivity contribution in [2.45, 2.75) is 13.1 Å². The number of benzene rings is 2. The van der Waals surface area contributed by atoms with Crippen LogP contribution in [0, 0.1) is 0 Å². The second-order valence-corrected chi connectivity index (χ2v) is 4.23. The first kappa shape index (κ1) is 11.0. The summed E-state index contributed by atoms with van der Waals surface area (Å²) in [5.74, 6) is 0. The van der Waals surface area contributed by atoms with Gasteiger partial charge in [0.05, 0.1) is 5.69 Å². The standard InChI is InChI=1S/C15H14N2O/c1-2-7-15-12(4-1)5-3-6-13(15)10-16-11-14-8-9-18-17-14/h1-9,16H,10-11H2. The lowest BCUT2D eigenvalue weighted by Gasteiger charge is -2.07. The fraction of sp³-hybridized carbons (Fsp3) is 0.133. The molecule has 0 radical (unpaired) electrons. The lowest BCUT2D eigenvalue weighted by molar-refractivity contribution is 0.408. The third-order valence-electron chi connectivity index (χ3n) is 2.99. The van der Waals surface area contributed by atoms with Crippen molar-refractivity contribution in [2.24, 2.45) is 0 Å². The summed E-state index contributed by atoms with van der Waals surface area (Å²) in [5, 5.41) is 9.82. The fourth-order valence-electron chi connectivity index (χ4n) is 2.10. The molecule has 0 saturated carbocycles. The molecule has 0 saturated heterocycles. The zero-order chi connectivity index (χ0) is 12.2. The summed E-state index contributed by atoms with van der Waals surface area (Å²) in [5.41, 5.74) is 2.23. The number of aromatic nitrogens is 1. The first-order chi connectivity index (χ1) is 8.93. The highest BCUT2D eigenvalue weighted by Crippen LogP contribution is 2.18. The molecule has 1 aromatic heterocycles. The van der Waals surface area contributed by atoms with Crippen LogP contribution in [0.25, 0.3) is 10.8 Å². The highest BCUT2D eigenvalue weighted by Gasteiger charge is 2.00. The van der Waals surface area contributed by atoms with E-state index in [-0.39, 0.29) is 0 Å². The van der Waals surface area contributed by atoms with Crippen LogP contribution in [0.1, 0.15) is 11.3 Å². The highest BCUT2D eigenvalue weighted by molar-refractivity contribution is 5.85. The minimum Gasteiger partial charge on any atom is -0.364 e. The smallest absolute Gasteiger partial charge is 0.124 e. The van der Waals surface area contributed by atoms with Gasteiger partial charge in [0.2, 0.25) is 0 Å². The van der Waals surface area contributed by atoms with E-state index in [9.17, 15) is 0 Å². The molecule has 3 heteroatoms. The molecule has 3 aromatic rings. The topological polar surface area (TPSA) is 38.1 Å². The van der Waals surface area contributed by atoms with Crippen LogP contribution < -0.4 is 5.32 Å². The molecule has 0 unspecified atom stereocenters. The van der Waals surface area contributed by atoms with Crippen LogP contribution in [-0.2, 0) is 13.1 Å². The van der Waals surface area contributed by atoms with E-state index >= 15 is 0 Å². The molecule has 1 N–H and O–H groups in total. The number of hydrogen-bond donors (Lipinski definition) is 1. The van der Waals surface area contributed by atoms with E-state index in [1.54, 1.807) is 6.26 Å². The van der Waals surface area contributed by atoms with Gasteiger partial charge in [0, 0.05) is 19.2 Å². The largest absolute Gasteiger partial charge is 0.364 e. The molecule has 0 fully saturated rings. The average molecular weight is 238 g/mol. The van der Waals surface area contributed by atoms with Crippen LogP contribution >= 0.6 is 0 Å². The van der Waals surface area contributed by atoms with Crippen LogP contribution in [0.3, 0.4) is 0 Å². The van der Waals surface area contributed by atoms with E-state index in [1.165, 1.54) is 16.3 Å². The predicted molar refractivity (Wildman–Crippen MR) is 71.0 cm³/mol. The van der Waals surface area contributed by atoms with Gasteiger partial charge in [0.15, 0.2) is 0 Å². The molecule has 0 atom stereocenters. The predicted octanol–water partition coefficient (Wildman–Crippen LogP) is 3.12. The van der Waals surface area contributed by atoms with Crippen molar-refractivity contribution in [3.63, 3.8) is 0 Å². The molecule has 0 aliphatic carbocycles. The highest BCUT2D eigenvalue weighted by atomic mass is 16.5. The summed E-state index contributed by atoms with van der Waals surface area (Å²) in [4.78, 5) is 0. The van der Waals surface area contributed by atoms with Gasteiger partial charge in [-0.3, -0.25) is 0 Å². The van der Waals surface area contributed by atoms with Crippen LogP contribution in [0.15, 0.2) is 59.3 Å². The second-order valence-electron chi connectivity index (χ2n) is 4.23. The molecular weight excluding hydrogens is 224 g/mol. The Balaban J connectivity index is 1.74. The molecule has 0 aliphatic heterocycles. The first-order valence-corrected chi connectivity index (χ1v) is 6.00. The van der Waals surface area contributed by atoms with Crippen LogP contribution in [-0.4, -0.2) is 5.16 Å². The minimum atomic E-state index is 0.722.